The van der Waals surface area contributed by atoms with Crippen molar-refractivity contribution in [2.24, 2.45) is 5.84 Å². The maximum Gasteiger partial charge on any atom is 0.0113 e. The van der Waals surface area contributed by atoms with Gasteiger partial charge in [0.2, 0.25) is 0 Å². The van der Waals surface area contributed by atoms with Crippen LogP contribution in [0.5, 0.6) is 0 Å². The summed E-state index contributed by atoms with van der Waals surface area (Å²) < 4.78 is 0. The molecule has 0 heterocycles. The van der Waals surface area contributed by atoms with Crippen LogP contribution in [0.2, 0.25) is 0 Å². The average molecular weight is 404 g/mol. The first-order chi connectivity index (χ1) is 13.9. The van der Waals surface area contributed by atoms with Gasteiger partial charge in [-0.05, 0) is 6.42 Å². The van der Waals surface area contributed by atoms with Gasteiger partial charge in [0.1, 0.15) is 0 Å². The quantitative estimate of drug-likeness (QED) is 0.0643. The predicted octanol–water partition coefficient (Wildman–Crippen LogP) is 2.63. The second-order valence-corrected chi connectivity index (χ2v) is 7.48. The fourth-order valence-electron chi connectivity index (χ4n) is 3.21. The lowest BCUT2D eigenvalue weighted by molar-refractivity contribution is 0.256. The summed E-state index contributed by atoms with van der Waals surface area (Å²) in [5.74, 6) is 4.98. The van der Waals surface area contributed by atoms with E-state index in [2.05, 4.69) is 51.1 Å². The first-order valence-electron chi connectivity index (χ1n) is 11.6. The summed E-state index contributed by atoms with van der Waals surface area (Å²) in [6, 6.07) is 0. The first-order valence-corrected chi connectivity index (χ1v) is 11.6. The van der Waals surface area contributed by atoms with Gasteiger partial charge in [-0.15, -0.1) is 0 Å². The van der Waals surface area contributed by atoms with E-state index in [-0.39, 0.29) is 0 Å². The molecule has 0 aromatic rings. The van der Waals surface area contributed by atoms with E-state index < -0.39 is 0 Å². The Kier molecular flexibility index (Phi) is 26.3. The van der Waals surface area contributed by atoms with Gasteiger partial charge < -0.3 is 0 Å². The largest absolute Gasteiger partial charge is 0.257 e. The fraction of sp³-hybridized carbons (Fsp3) is 1.00. The summed E-state index contributed by atoms with van der Waals surface area (Å²) in [7, 11) is 0. The summed E-state index contributed by atoms with van der Waals surface area (Å²) in [5.41, 5.74) is 21.0. The summed E-state index contributed by atoms with van der Waals surface area (Å²) in [5, 5.41) is 0. The van der Waals surface area contributed by atoms with E-state index in [4.69, 9.17) is 5.84 Å². The minimum absolute atomic E-state index is 0.934. The minimum Gasteiger partial charge on any atom is -0.257 e. The van der Waals surface area contributed by atoms with Gasteiger partial charge in [0.15, 0.2) is 0 Å². The van der Waals surface area contributed by atoms with Crippen molar-refractivity contribution in [1.82, 2.24) is 44.2 Å². The number of rotatable bonds is 25. The molecule has 9 heteroatoms. The zero-order valence-electron chi connectivity index (χ0n) is 18.3. The van der Waals surface area contributed by atoms with Crippen LogP contribution < -0.4 is 50.0 Å². The molecule has 0 saturated carbocycles. The third-order valence-corrected chi connectivity index (χ3v) is 4.88. The van der Waals surface area contributed by atoms with Gasteiger partial charge in [-0.3, -0.25) is 5.84 Å². The highest BCUT2D eigenvalue weighted by Gasteiger charge is 1.95. The molecular weight excluding hydrogens is 354 g/mol. The Morgan fingerprint density at radius 2 is 0.786 bits per heavy atom. The molecule has 0 bridgehead atoms. The van der Waals surface area contributed by atoms with Gasteiger partial charge in [0.05, 0.1) is 0 Å². The highest BCUT2D eigenvalue weighted by atomic mass is 15.9. The molecule has 0 aliphatic heterocycles. The van der Waals surface area contributed by atoms with Crippen molar-refractivity contribution in [3.63, 3.8) is 0 Å². The zero-order valence-corrected chi connectivity index (χ0v) is 18.3. The van der Waals surface area contributed by atoms with Crippen molar-refractivity contribution < 1.29 is 0 Å². The molecule has 28 heavy (non-hydrogen) atoms. The molecule has 0 aromatic carbocycles. The van der Waals surface area contributed by atoms with Gasteiger partial charge in [0, 0.05) is 6.54 Å². The summed E-state index contributed by atoms with van der Waals surface area (Å²) in [6.45, 7) is 3.22. The fourth-order valence-corrected chi connectivity index (χ4v) is 3.21. The topological polar surface area (TPSA) is 122 Å². The molecule has 10 N–H and O–H groups in total. The minimum atomic E-state index is 0.934. The van der Waals surface area contributed by atoms with Gasteiger partial charge >= 0.3 is 0 Å². The van der Waals surface area contributed by atoms with Crippen molar-refractivity contribution in [1.29, 1.82) is 0 Å². The van der Waals surface area contributed by atoms with Crippen LogP contribution in [0.1, 0.15) is 116 Å². The predicted molar refractivity (Wildman–Crippen MR) is 118 cm³/mol. The molecule has 9 nitrogen and oxygen atoms in total. The van der Waals surface area contributed by atoms with Crippen LogP contribution in [0.25, 0.3) is 0 Å². The molecule has 0 amide bonds. The van der Waals surface area contributed by atoms with E-state index >= 15 is 0 Å². The van der Waals surface area contributed by atoms with Crippen molar-refractivity contribution in [2.45, 2.75) is 116 Å². The molecule has 0 rings (SSSR count). The Balaban J connectivity index is 2.96. The Morgan fingerprint density at radius 3 is 1.21 bits per heavy atom. The van der Waals surface area contributed by atoms with E-state index in [1.54, 1.807) is 0 Å². The summed E-state index contributed by atoms with van der Waals surface area (Å²) >= 11 is 0. The number of unbranched alkanes of at least 4 members (excludes halogenated alkanes) is 16. The standard InChI is InChI=1S/C19H49N9/c1-2-3-4-5-6-7-8-9-10-11-12-13-14-15-16-17-18-19-21-23-25-27-28-26-24-22-20/h21-28H,2-20H2,1H3. The Morgan fingerprint density at radius 1 is 0.429 bits per heavy atom. The molecular formula is C19H49N9. The highest BCUT2D eigenvalue weighted by Crippen LogP contribution is 2.13. The van der Waals surface area contributed by atoms with E-state index in [1.807, 2.05) is 0 Å². The maximum atomic E-state index is 4.98. The van der Waals surface area contributed by atoms with E-state index in [9.17, 15) is 0 Å². The van der Waals surface area contributed by atoms with Gasteiger partial charge in [-0.25, -0.2) is 5.43 Å². The van der Waals surface area contributed by atoms with Gasteiger partial charge in [0.25, 0.3) is 0 Å². The molecule has 0 unspecified atom stereocenters. The van der Waals surface area contributed by atoms with E-state index in [1.165, 1.54) is 109 Å². The smallest absolute Gasteiger partial charge is 0.0113 e. The van der Waals surface area contributed by atoms with Gasteiger partial charge in [-0.1, -0.05) is 110 Å². The Bertz CT molecular complexity index is 244. The highest BCUT2D eigenvalue weighted by molar-refractivity contribution is 4.50. The summed E-state index contributed by atoms with van der Waals surface area (Å²) in [4.78, 5) is 0. The molecule has 0 saturated heterocycles. The monoisotopic (exact) mass is 403 g/mol. The van der Waals surface area contributed by atoms with Crippen LogP contribution in [0.15, 0.2) is 0 Å². The molecule has 0 aliphatic carbocycles. The number of hydrogen-bond acceptors (Lipinski definition) is 9. The van der Waals surface area contributed by atoms with Crippen LogP contribution in [0.3, 0.4) is 0 Å². The third kappa shape index (κ3) is 25.6. The van der Waals surface area contributed by atoms with Crippen LogP contribution in [-0.2, 0) is 0 Å². The zero-order chi connectivity index (χ0) is 20.4. The normalized spacial score (nSPS) is 11.4. The van der Waals surface area contributed by atoms with E-state index in [0.29, 0.717) is 0 Å². The number of nitrogens with one attached hydrogen (secondary N) is 8. The summed E-state index contributed by atoms with van der Waals surface area (Å²) in [6.07, 6.45) is 23.8. The second kappa shape index (κ2) is 26.6. The lowest BCUT2D eigenvalue weighted by Crippen LogP contribution is -2.63. The molecule has 0 aliphatic rings. The molecule has 170 valence electrons. The van der Waals surface area contributed by atoms with Crippen LogP contribution in [0, 0.1) is 0 Å². The maximum absolute atomic E-state index is 4.98. The SMILES string of the molecule is CCCCCCCCCCCCCCCCCCCNNNNNNNNN. The van der Waals surface area contributed by atoms with Crippen molar-refractivity contribution >= 4 is 0 Å². The molecule has 0 spiro atoms. The Labute approximate surface area is 173 Å². The first kappa shape index (κ1) is 27.6. The van der Waals surface area contributed by atoms with Crippen molar-refractivity contribution in [2.75, 3.05) is 6.54 Å². The second-order valence-electron chi connectivity index (χ2n) is 7.48. The Hall–Kier alpha value is -0.360. The lowest BCUT2D eigenvalue weighted by Gasteiger charge is -2.11. The number of nitrogens with two attached hydrogens (primary N) is 1. The van der Waals surface area contributed by atoms with Crippen molar-refractivity contribution in [3.8, 4) is 0 Å². The van der Waals surface area contributed by atoms with E-state index in [0.717, 1.165) is 6.54 Å². The number of hydrazine groups is 8. The molecule has 0 fully saturated rings. The molecule has 0 radical (unpaired) electrons. The van der Waals surface area contributed by atoms with Crippen molar-refractivity contribution in [3.05, 3.63) is 0 Å². The average Bonchev–Trinajstić information content (AvgIpc) is 2.71. The van der Waals surface area contributed by atoms with Crippen LogP contribution in [-0.4, -0.2) is 6.54 Å². The lowest BCUT2D eigenvalue weighted by atomic mass is 10.0. The van der Waals surface area contributed by atoms with Gasteiger partial charge in [-0.2, -0.15) is 38.7 Å². The van der Waals surface area contributed by atoms with Crippen LogP contribution in [0.4, 0.5) is 0 Å². The van der Waals surface area contributed by atoms with Crippen LogP contribution >= 0.6 is 0 Å². The molecule has 0 atom stereocenters. The number of hydrogen-bond donors (Lipinski definition) is 9. The molecule has 0 aromatic heterocycles. The third-order valence-electron chi connectivity index (χ3n) is 4.88.